The Kier molecular flexibility index (Phi) is 3.45. The maximum atomic E-state index is 13.1. The zero-order valence-corrected chi connectivity index (χ0v) is 8.99. The van der Waals surface area contributed by atoms with Crippen LogP contribution in [-0.2, 0) is 9.05 Å². The number of hydrogen-bond acceptors (Lipinski definition) is 3. The van der Waals surface area contributed by atoms with Gasteiger partial charge >= 0.3 is 0 Å². The zero-order chi connectivity index (χ0) is 12.5. The first-order chi connectivity index (χ1) is 7.27. The molecule has 1 rings (SSSR count). The Morgan fingerprint density at radius 1 is 1.38 bits per heavy atom. The van der Waals surface area contributed by atoms with Gasteiger partial charge in [-0.2, -0.15) is 5.26 Å². The summed E-state index contributed by atoms with van der Waals surface area (Å²) < 4.78 is 59.6. The predicted molar refractivity (Wildman–Crippen MR) is 49.1 cm³/mol. The summed E-state index contributed by atoms with van der Waals surface area (Å²) in [6.07, 6.45) is -3.16. The summed E-state index contributed by atoms with van der Waals surface area (Å²) in [4.78, 5) is -0.805. The minimum Gasteiger partial charge on any atom is -0.207 e. The van der Waals surface area contributed by atoms with Gasteiger partial charge in [-0.3, -0.25) is 0 Å². The summed E-state index contributed by atoms with van der Waals surface area (Å²) in [6, 6.07) is 2.14. The molecular formula is C8H3ClF3NO2S. The molecule has 0 spiro atoms. The second-order valence-electron chi connectivity index (χ2n) is 2.72. The van der Waals surface area contributed by atoms with Crippen LogP contribution in [0.15, 0.2) is 17.0 Å². The Morgan fingerprint density at radius 3 is 2.31 bits per heavy atom. The standard InChI is InChI=1S/C8H3ClF3NO2S/c9-16(14,15)4-1-5(8(11)12)6(3-13)7(10)2-4/h1-2,8H. The van der Waals surface area contributed by atoms with Crippen molar-refractivity contribution in [3.63, 3.8) is 0 Å². The quantitative estimate of drug-likeness (QED) is 0.775. The van der Waals surface area contributed by atoms with Gasteiger partial charge in [0.1, 0.15) is 11.9 Å². The molecule has 0 N–H and O–H groups in total. The summed E-state index contributed by atoms with van der Waals surface area (Å²) in [5, 5.41) is 8.44. The molecule has 0 saturated carbocycles. The molecule has 86 valence electrons. The summed E-state index contributed by atoms with van der Waals surface area (Å²) >= 11 is 0. The molecule has 0 aliphatic heterocycles. The van der Waals surface area contributed by atoms with E-state index in [-0.39, 0.29) is 0 Å². The van der Waals surface area contributed by atoms with Crippen molar-refractivity contribution in [1.29, 1.82) is 5.26 Å². The predicted octanol–water partition coefficient (Wildman–Crippen LogP) is 2.56. The minimum absolute atomic E-state index is 0.423. The zero-order valence-electron chi connectivity index (χ0n) is 7.42. The number of hydrogen-bond donors (Lipinski definition) is 0. The van der Waals surface area contributed by atoms with Crippen molar-refractivity contribution in [3.05, 3.63) is 29.1 Å². The fourth-order valence-electron chi connectivity index (χ4n) is 1.03. The first-order valence-corrected chi connectivity index (χ1v) is 6.04. The molecule has 0 unspecified atom stereocenters. The Labute approximate surface area is 93.5 Å². The second-order valence-corrected chi connectivity index (χ2v) is 5.29. The van der Waals surface area contributed by atoms with Crippen LogP contribution in [0.4, 0.5) is 13.2 Å². The molecule has 1 aromatic rings. The molecule has 3 nitrogen and oxygen atoms in total. The van der Waals surface area contributed by atoms with E-state index in [1.54, 1.807) is 0 Å². The van der Waals surface area contributed by atoms with Crippen molar-refractivity contribution in [2.75, 3.05) is 0 Å². The van der Waals surface area contributed by atoms with E-state index in [9.17, 15) is 21.6 Å². The van der Waals surface area contributed by atoms with Crippen LogP contribution in [0.25, 0.3) is 0 Å². The van der Waals surface area contributed by atoms with Gasteiger partial charge in [0.25, 0.3) is 15.5 Å². The minimum atomic E-state index is -4.32. The van der Waals surface area contributed by atoms with Crippen molar-refractivity contribution < 1.29 is 21.6 Å². The second kappa shape index (κ2) is 4.31. The largest absolute Gasteiger partial charge is 0.265 e. The van der Waals surface area contributed by atoms with E-state index in [4.69, 9.17) is 15.9 Å². The molecule has 0 radical (unpaired) electrons. The van der Waals surface area contributed by atoms with Crippen LogP contribution in [0, 0.1) is 17.1 Å². The number of rotatable bonds is 2. The van der Waals surface area contributed by atoms with E-state index in [1.807, 2.05) is 0 Å². The van der Waals surface area contributed by atoms with E-state index in [0.717, 1.165) is 0 Å². The fourth-order valence-corrected chi connectivity index (χ4v) is 1.81. The van der Waals surface area contributed by atoms with Gasteiger partial charge in [-0.1, -0.05) is 0 Å². The van der Waals surface area contributed by atoms with Gasteiger partial charge in [0.15, 0.2) is 0 Å². The van der Waals surface area contributed by atoms with Gasteiger partial charge in [0.05, 0.1) is 10.5 Å². The molecule has 0 aromatic heterocycles. The highest BCUT2D eigenvalue weighted by Crippen LogP contribution is 2.28. The summed E-state index contributed by atoms with van der Waals surface area (Å²) in [5.74, 6) is -1.35. The monoisotopic (exact) mass is 269 g/mol. The van der Waals surface area contributed by atoms with Gasteiger partial charge < -0.3 is 0 Å². The van der Waals surface area contributed by atoms with E-state index in [0.29, 0.717) is 12.1 Å². The molecule has 8 heteroatoms. The Morgan fingerprint density at radius 2 is 1.94 bits per heavy atom. The number of halogens is 4. The maximum Gasteiger partial charge on any atom is 0.265 e. The van der Waals surface area contributed by atoms with E-state index >= 15 is 0 Å². The van der Waals surface area contributed by atoms with Crippen LogP contribution >= 0.6 is 10.7 Å². The van der Waals surface area contributed by atoms with E-state index < -0.39 is 37.3 Å². The van der Waals surface area contributed by atoms with Gasteiger partial charge in [-0.15, -0.1) is 0 Å². The highest BCUT2D eigenvalue weighted by Gasteiger charge is 2.22. The number of benzene rings is 1. The average Bonchev–Trinajstić information content (AvgIpc) is 2.14. The van der Waals surface area contributed by atoms with Crippen molar-refractivity contribution in [1.82, 2.24) is 0 Å². The lowest BCUT2D eigenvalue weighted by Gasteiger charge is -2.05. The lowest BCUT2D eigenvalue weighted by atomic mass is 10.1. The molecular weight excluding hydrogens is 267 g/mol. The molecule has 0 atom stereocenters. The number of alkyl halides is 2. The fraction of sp³-hybridized carbons (Fsp3) is 0.125. The van der Waals surface area contributed by atoms with Crippen molar-refractivity contribution in [3.8, 4) is 6.07 Å². The molecule has 16 heavy (non-hydrogen) atoms. The normalized spacial score (nSPS) is 11.5. The van der Waals surface area contributed by atoms with Crippen LogP contribution in [0.2, 0.25) is 0 Å². The SMILES string of the molecule is N#Cc1c(F)cc(S(=O)(=O)Cl)cc1C(F)F. The molecule has 0 aliphatic carbocycles. The third-order valence-corrected chi connectivity index (χ3v) is 3.06. The van der Waals surface area contributed by atoms with E-state index in [1.165, 1.54) is 6.07 Å². The van der Waals surface area contributed by atoms with Crippen LogP contribution in [0.3, 0.4) is 0 Å². The van der Waals surface area contributed by atoms with Gasteiger partial charge in [0.2, 0.25) is 0 Å². The van der Waals surface area contributed by atoms with Gasteiger partial charge in [-0.05, 0) is 12.1 Å². The highest BCUT2D eigenvalue weighted by atomic mass is 35.7. The summed E-state index contributed by atoms with van der Waals surface area (Å²) in [6.45, 7) is 0. The first kappa shape index (κ1) is 12.8. The third kappa shape index (κ3) is 2.46. The lowest BCUT2D eigenvalue weighted by Crippen LogP contribution is -2.00. The van der Waals surface area contributed by atoms with Gasteiger partial charge in [-0.25, -0.2) is 21.6 Å². The molecule has 1 aromatic carbocycles. The Bertz CT molecular complexity index is 565. The number of nitrogens with zero attached hydrogens (tertiary/aromatic N) is 1. The molecule has 0 fully saturated rings. The van der Waals surface area contributed by atoms with Crippen LogP contribution < -0.4 is 0 Å². The van der Waals surface area contributed by atoms with Crippen LogP contribution in [0.5, 0.6) is 0 Å². The average molecular weight is 270 g/mol. The molecule has 0 heterocycles. The lowest BCUT2D eigenvalue weighted by molar-refractivity contribution is 0.150. The smallest absolute Gasteiger partial charge is 0.207 e. The van der Waals surface area contributed by atoms with Crippen molar-refractivity contribution in [2.45, 2.75) is 11.3 Å². The topological polar surface area (TPSA) is 57.9 Å². The van der Waals surface area contributed by atoms with E-state index in [2.05, 4.69) is 0 Å². The molecule has 0 bridgehead atoms. The summed E-state index contributed by atoms with van der Waals surface area (Å²) in [5.41, 5.74) is -1.89. The molecule has 0 amide bonds. The molecule has 0 saturated heterocycles. The maximum absolute atomic E-state index is 13.1. The van der Waals surface area contributed by atoms with Crippen molar-refractivity contribution in [2.24, 2.45) is 0 Å². The Balaban J connectivity index is 3.61. The molecule has 0 aliphatic rings. The highest BCUT2D eigenvalue weighted by molar-refractivity contribution is 8.13. The van der Waals surface area contributed by atoms with Crippen LogP contribution in [0.1, 0.15) is 17.6 Å². The van der Waals surface area contributed by atoms with Crippen LogP contribution in [-0.4, -0.2) is 8.42 Å². The van der Waals surface area contributed by atoms with Crippen molar-refractivity contribution >= 4 is 19.7 Å². The Hall–Kier alpha value is -1.26. The van der Waals surface area contributed by atoms with Gasteiger partial charge in [0, 0.05) is 16.2 Å². The number of nitriles is 1. The summed E-state index contributed by atoms with van der Waals surface area (Å²) in [7, 11) is 0.564. The third-order valence-electron chi connectivity index (χ3n) is 1.72. The first-order valence-electron chi connectivity index (χ1n) is 3.73.